The van der Waals surface area contributed by atoms with Crippen LogP contribution in [0.25, 0.3) is 11.0 Å². The van der Waals surface area contributed by atoms with Crippen molar-refractivity contribution in [3.05, 3.63) is 29.5 Å². The molecule has 0 saturated carbocycles. The zero-order valence-electron chi connectivity index (χ0n) is 18.0. The van der Waals surface area contributed by atoms with E-state index in [0.29, 0.717) is 5.58 Å². The van der Waals surface area contributed by atoms with Gasteiger partial charge < -0.3 is 0 Å². The summed E-state index contributed by atoms with van der Waals surface area (Å²) in [7, 11) is -2.44. The Morgan fingerprint density at radius 3 is 2.56 bits per heavy atom. The van der Waals surface area contributed by atoms with Crippen molar-refractivity contribution in [2.24, 2.45) is 0 Å². The number of hydrogen-bond acceptors (Lipinski definition) is 6. The monoisotopic (exact) mass is 524 g/mol. The van der Waals surface area contributed by atoms with E-state index in [0.717, 1.165) is 47.3 Å². The van der Waals surface area contributed by atoms with Crippen molar-refractivity contribution < 1.29 is 32.3 Å². The van der Waals surface area contributed by atoms with Crippen molar-refractivity contribution in [2.45, 2.75) is 54.7 Å². The molecule has 2 heterocycles. The minimum absolute atomic E-state index is 0.0128. The molecule has 1 aromatic carbocycles. The number of fused-ring (bicyclic) bond motifs is 3. The number of carboxylic acids is 1. The van der Waals surface area contributed by atoms with Crippen LogP contribution in [-0.4, -0.2) is 75.0 Å². The third-order valence-electron chi connectivity index (χ3n) is 6.32. The summed E-state index contributed by atoms with van der Waals surface area (Å²) in [6.07, 6.45) is 3.81. The molecule has 2 atom stereocenters. The quantitative estimate of drug-likeness (QED) is 0.453. The van der Waals surface area contributed by atoms with Crippen LogP contribution in [-0.2, 0) is 30.5 Å². The fourth-order valence-corrected chi connectivity index (χ4v) is 10.9. The molecule has 1 fully saturated rings. The Balaban J connectivity index is 1.60. The molecule has 172 valence electrons. The minimum atomic E-state index is -3.89. The fourth-order valence-electron chi connectivity index (χ4n) is 4.16. The molecule has 9 nitrogen and oxygen atoms in total. The number of furan rings is 1. The molecule has 1 aromatic heterocycles. The van der Waals surface area contributed by atoms with Crippen LogP contribution in [0.2, 0.25) is 4.71 Å². The molecule has 0 radical (unpaired) electrons. The third-order valence-corrected chi connectivity index (χ3v) is 13.9. The summed E-state index contributed by atoms with van der Waals surface area (Å²) in [5.74, 6) is -0.989. The summed E-state index contributed by atoms with van der Waals surface area (Å²) in [4.78, 5) is 39.0. The van der Waals surface area contributed by atoms with Gasteiger partial charge >= 0.3 is 191 Å². The number of aryl methyl sites for hydroxylation is 2. The molecule has 1 saturated heterocycles. The van der Waals surface area contributed by atoms with Crippen LogP contribution in [0, 0.1) is 0 Å². The number of likely N-dealkylation sites (N-methyl/N-ethyl adjacent to an activating group) is 1. The first-order valence-corrected chi connectivity index (χ1v) is 15.6. The fraction of sp³-hybridized carbons (Fsp3) is 0.476. The van der Waals surface area contributed by atoms with E-state index >= 15 is 0 Å². The Hall–Kier alpha value is -2.32. The second kappa shape index (κ2) is 7.92. The van der Waals surface area contributed by atoms with Gasteiger partial charge in [-0.15, -0.1) is 0 Å². The molecular weight excluding hydrogens is 499 g/mol. The topological polar surface area (TPSA) is 125 Å². The number of aliphatic carboxylic acids is 1. The number of benzene rings is 1. The average molecular weight is 524 g/mol. The van der Waals surface area contributed by atoms with Gasteiger partial charge in [-0.05, 0) is 0 Å². The molecule has 4 rings (SSSR count). The molecule has 2 aromatic rings. The van der Waals surface area contributed by atoms with E-state index in [-0.39, 0.29) is 4.90 Å². The molecule has 1 aliphatic heterocycles. The molecule has 1 aliphatic carbocycles. The van der Waals surface area contributed by atoms with Crippen molar-refractivity contribution in [2.75, 3.05) is 13.6 Å². The summed E-state index contributed by atoms with van der Waals surface area (Å²) >= 11 is -2.17. The Kier molecular flexibility index (Phi) is 5.66. The summed E-state index contributed by atoms with van der Waals surface area (Å²) in [6.45, 7) is 2.67. The first-order valence-electron chi connectivity index (χ1n) is 10.3. The Morgan fingerprint density at radius 1 is 1.25 bits per heavy atom. The van der Waals surface area contributed by atoms with Gasteiger partial charge in [0, 0.05) is 0 Å². The van der Waals surface area contributed by atoms with E-state index in [1.165, 1.54) is 24.1 Å². The summed E-state index contributed by atoms with van der Waals surface area (Å²) in [5.41, 5.74) is 0.500. The molecule has 1 N–H and O–H groups in total. The van der Waals surface area contributed by atoms with E-state index < -0.39 is 57.4 Å². The standard InChI is InChI=1S/C21H25AsN2O7S/c1-21(2)19(27)24(20(28)23(21)3)11-15(18(25)26)22-32(29,30)12-8-9-14-13-6-4-5-7-16(13)31-17(14)10-12/h8-10,15,22H,4-7,11H2,1-3H3,(H,25,26)/t15-/m1/s1. The Bertz CT molecular complexity index is 1230. The normalized spacial score (nSPS) is 19.8. The van der Waals surface area contributed by atoms with Crippen molar-refractivity contribution in [1.29, 1.82) is 0 Å². The third kappa shape index (κ3) is 3.73. The number of nitrogens with zero attached hydrogens (tertiary/aromatic N) is 2. The number of hydrogen-bond donors (Lipinski definition) is 1. The van der Waals surface area contributed by atoms with Crippen molar-refractivity contribution >= 4 is 51.6 Å². The van der Waals surface area contributed by atoms with Crippen molar-refractivity contribution in [3.8, 4) is 0 Å². The zero-order chi connectivity index (χ0) is 23.4. The molecular formula is C21H25AsN2O7S. The number of carbonyl (C=O) groups excluding carboxylic acids is 2. The Morgan fingerprint density at radius 2 is 1.94 bits per heavy atom. The van der Waals surface area contributed by atoms with Gasteiger partial charge in [-0.1, -0.05) is 0 Å². The van der Waals surface area contributed by atoms with E-state index in [2.05, 4.69) is 0 Å². The van der Waals surface area contributed by atoms with Crippen LogP contribution < -0.4 is 0 Å². The van der Waals surface area contributed by atoms with Gasteiger partial charge in [-0.25, -0.2) is 0 Å². The predicted molar refractivity (Wildman–Crippen MR) is 118 cm³/mol. The average Bonchev–Trinajstić information content (AvgIpc) is 3.18. The summed E-state index contributed by atoms with van der Waals surface area (Å²) in [5, 5.41) is 10.6. The molecule has 11 heteroatoms. The van der Waals surface area contributed by atoms with E-state index in [1.807, 2.05) is 0 Å². The number of carboxylic acid groups (broad SMARTS) is 1. The van der Waals surface area contributed by atoms with Crippen LogP contribution >= 0.6 is 0 Å². The van der Waals surface area contributed by atoms with Gasteiger partial charge in [0.05, 0.1) is 0 Å². The van der Waals surface area contributed by atoms with Crippen molar-refractivity contribution in [3.63, 3.8) is 0 Å². The second-order valence-corrected chi connectivity index (χ2v) is 16.7. The van der Waals surface area contributed by atoms with Gasteiger partial charge in [0.15, 0.2) is 0 Å². The van der Waals surface area contributed by atoms with Gasteiger partial charge in [-0.3, -0.25) is 0 Å². The molecule has 32 heavy (non-hydrogen) atoms. The second-order valence-electron chi connectivity index (χ2n) is 8.70. The Labute approximate surface area is 191 Å². The first kappa shape index (κ1) is 22.9. The van der Waals surface area contributed by atoms with Crippen LogP contribution in [0.15, 0.2) is 27.5 Å². The predicted octanol–water partition coefficient (Wildman–Crippen LogP) is 1.98. The van der Waals surface area contributed by atoms with E-state index in [9.17, 15) is 27.9 Å². The first-order chi connectivity index (χ1) is 14.9. The van der Waals surface area contributed by atoms with Gasteiger partial charge in [0.2, 0.25) is 0 Å². The maximum atomic E-state index is 13.1. The number of imide groups is 1. The van der Waals surface area contributed by atoms with Crippen molar-refractivity contribution in [1.82, 2.24) is 9.80 Å². The van der Waals surface area contributed by atoms with Gasteiger partial charge in [-0.2, -0.15) is 0 Å². The SMILES string of the molecule is CN1C(=O)N(C[C@@H]([AsH]S(=O)(=O)c2ccc3c4c(oc3c2)CCCC4)C(=O)O)C(=O)C1(C)C. The maximum absolute atomic E-state index is 13.1. The number of amides is 3. The molecule has 2 aliphatic rings. The molecule has 3 amide bonds. The summed E-state index contributed by atoms with van der Waals surface area (Å²) < 4.78 is 30.8. The molecule has 0 bridgehead atoms. The van der Waals surface area contributed by atoms with E-state index in [4.69, 9.17) is 4.42 Å². The summed E-state index contributed by atoms with van der Waals surface area (Å²) in [6, 6.07) is 4.06. The zero-order valence-corrected chi connectivity index (χ0v) is 21.0. The number of urea groups is 1. The van der Waals surface area contributed by atoms with E-state index in [1.54, 1.807) is 19.9 Å². The molecule has 1 unspecified atom stereocenters. The van der Waals surface area contributed by atoms with Crippen LogP contribution in [0.1, 0.15) is 38.0 Å². The van der Waals surface area contributed by atoms with Crippen LogP contribution in [0.4, 0.5) is 4.79 Å². The number of rotatable bonds is 6. The van der Waals surface area contributed by atoms with Gasteiger partial charge in [0.1, 0.15) is 0 Å². The number of carbonyl (C=O) groups is 3. The van der Waals surface area contributed by atoms with Crippen LogP contribution in [0.3, 0.4) is 0 Å². The van der Waals surface area contributed by atoms with Crippen LogP contribution in [0.5, 0.6) is 0 Å². The van der Waals surface area contributed by atoms with Gasteiger partial charge in [0.25, 0.3) is 0 Å². The molecule has 0 spiro atoms.